The zero-order chi connectivity index (χ0) is 11.9. The number of nitrogens with two attached hydrogens (primary N) is 1. The second-order valence-electron chi connectivity index (χ2n) is 4.02. The first-order chi connectivity index (χ1) is 7.50. The molecule has 16 heavy (non-hydrogen) atoms. The van der Waals surface area contributed by atoms with Crippen LogP contribution >= 0.6 is 11.3 Å². The van der Waals surface area contributed by atoms with E-state index in [4.69, 9.17) is 5.73 Å². The maximum atomic E-state index is 5.90. The monoisotopic (exact) mass is 236 g/mol. The van der Waals surface area contributed by atoms with Crippen molar-refractivity contribution in [2.45, 2.75) is 26.8 Å². The average Bonchev–Trinajstić information content (AvgIpc) is 2.73. The first kappa shape index (κ1) is 11.3. The van der Waals surface area contributed by atoms with Crippen molar-refractivity contribution in [3.05, 3.63) is 22.5 Å². The Morgan fingerprint density at radius 1 is 1.44 bits per heavy atom. The van der Waals surface area contributed by atoms with Crippen molar-refractivity contribution in [3.8, 4) is 10.6 Å². The van der Waals surface area contributed by atoms with Gasteiger partial charge in [-0.05, 0) is 20.8 Å². The zero-order valence-electron chi connectivity index (χ0n) is 9.98. The van der Waals surface area contributed by atoms with E-state index in [1.54, 1.807) is 11.3 Å². The SMILES string of the molecule is Cc1nc(-c2cnn(C)c2C)sc1C(C)N. The lowest BCUT2D eigenvalue weighted by atomic mass is 10.2. The smallest absolute Gasteiger partial charge is 0.127 e. The predicted octanol–water partition coefficient (Wildman–Crippen LogP) is 2.18. The summed E-state index contributed by atoms with van der Waals surface area (Å²) < 4.78 is 1.86. The molecule has 2 aromatic heterocycles. The number of rotatable bonds is 2. The third-order valence-electron chi connectivity index (χ3n) is 2.71. The van der Waals surface area contributed by atoms with Gasteiger partial charge in [0.2, 0.25) is 0 Å². The minimum Gasteiger partial charge on any atom is -0.323 e. The summed E-state index contributed by atoms with van der Waals surface area (Å²) in [7, 11) is 1.94. The van der Waals surface area contributed by atoms with Crippen molar-refractivity contribution < 1.29 is 0 Å². The van der Waals surface area contributed by atoms with Crippen LogP contribution in [-0.2, 0) is 7.05 Å². The molecule has 0 amide bonds. The number of hydrogen-bond donors (Lipinski definition) is 1. The number of aryl methyl sites for hydroxylation is 2. The van der Waals surface area contributed by atoms with Gasteiger partial charge in [0.15, 0.2) is 0 Å². The Balaban J connectivity index is 2.49. The van der Waals surface area contributed by atoms with Crippen molar-refractivity contribution in [2.75, 3.05) is 0 Å². The van der Waals surface area contributed by atoms with Crippen molar-refractivity contribution in [2.24, 2.45) is 12.8 Å². The first-order valence-corrected chi connectivity index (χ1v) is 6.04. The van der Waals surface area contributed by atoms with Gasteiger partial charge in [-0.1, -0.05) is 0 Å². The molecule has 5 heteroatoms. The van der Waals surface area contributed by atoms with Crippen molar-refractivity contribution in [1.29, 1.82) is 0 Å². The summed E-state index contributed by atoms with van der Waals surface area (Å²) in [4.78, 5) is 5.71. The summed E-state index contributed by atoms with van der Waals surface area (Å²) in [6, 6.07) is 0.0447. The fourth-order valence-corrected chi connectivity index (χ4v) is 2.74. The topological polar surface area (TPSA) is 56.7 Å². The maximum Gasteiger partial charge on any atom is 0.127 e. The van der Waals surface area contributed by atoms with E-state index in [2.05, 4.69) is 10.1 Å². The summed E-state index contributed by atoms with van der Waals surface area (Å²) in [5.41, 5.74) is 9.15. The Morgan fingerprint density at radius 3 is 2.56 bits per heavy atom. The summed E-state index contributed by atoms with van der Waals surface area (Å²) in [5.74, 6) is 0. The van der Waals surface area contributed by atoms with Crippen molar-refractivity contribution in [1.82, 2.24) is 14.8 Å². The van der Waals surface area contributed by atoms with Gasteiger partial charge in [-0.2, -0.15) is 5.10 Å². The molecule has 2 rings (SSSR count). The highest BCUT2D eigenvalue weighted by Crippen LogP contribution is 2.32. The van der Waals surface area contributed by atoms with Crippen LogP contribution in [0.15, 0.2) is 6.20 Å². The van der Waals surface area contributed by atoms with Crippen LogP contribution in [0.3, 0.4) is 0 Å². The van der Waals surface area contributed by atoms with Gasteiger partial charge in [0, 0.05) is 23.7 Å². The Kier molecular flexibility index (Phi) is 2.82. The van der Waals surface area contributed by atoms with Crippen LogP contribution in [0.1, 0.15) is 29.2 Å². The molecule has 0 radical (unpaired) electrons. The summed E-state index contributed by atoms with van der Waals surface area (Å²) >= 11 is 1.66. The van der Waals surface area contributed by atoms with E-state index < -0.39 is 0 Å². The largest absolute Gasteiger partial charge is 0.323 e. The Bertz CT molecular complexity index is 510. The molecule has 1 atom stereocenters. The van der Waals surface area contributed by atoms with Crippen LogP contribution < -0.4 is 5.73 Å². The molecule has 0 spiro atoms. The number of thiazole rings is 1. The van der Waals surface area contributed by atoms with E-state index in [1.807, 2.05) is 38.7 Å². The van der Waals surface area contributed by atoms with E-state index in [0.717, 1.165) is 26.8 Å². The van der Waals surface area contributed by atoms with E-state index in [0.29, 0.717) is 0 Å². The highest BCUT2D eigenvalue weighted by atomic mass is 32.1. The molecule has 0 bridgehead atoms. The van der Waals surface area contributed by atoms with Crippen LogP contribution in [0.2, 0.25) is 0 Å². The quantitative estimate of drug-likeness (QED) is 0.869. The zero-order valence-corrected chi connectivity index (χ0v) is 10.8. The molecule has 2 N–H and O–H groups in total. The molecule has 86 valence electrons. The van der Waals surface area contributed by atoms with Gasteiger partial charge in [-0.25, -0.2) is 4.98 Å². The highest BCUT2D eigenvalue weighted by Gasteiger charge is 2.15. The molecule has 0 aliphatic heterocycles. The average molecular weight is 236 g/mol. The second-order valence-corrected chi connectivity index (χ2v) is 5.06. The number of nitrogens with zero attached hydrogens (tertiary/aromatic N) is 3. The van der Waals surface area contributed by atoms with Crippen LogP contribution in [0, 0.1) is 13.8 Å². The highest BCUT2D eigenvalue weighted by molar-refractivity contribution is 7.15. The lowest BCUT2D eigenvalue weighted by molar-refractivity contribution is 0.740. The van der Waals surface area contributed by atoms with E-state index in [1.165, 1.54) is 0 Å². The molecule has 0 aromatic carbocycles. The third kappa shape index (κ3) is 1.76. The maximum absolute atomic E-state index is 5.90. The molecule has 0 aliphatic rings. The van der Waals surface area contributed by atoms with Gasteiger partial charge in [-0.15, -0.1) is 11.3 Å². The van der Waals surface area contributed by atoms with E-state index in [9.17, 15) is 0 Å². The van der Waals surface area contributed by atoms with Gasteiger partial charge in [-0.3, -0.25) is 4.68 Å². The van der Waals surface area contributed by atoms with Gasteiger partial charge in [0.1, 0.15) is 5.01 Å². The van der Waals surface area contributed by atoms with E-state index >= 15 is 0 Å². The molecule has 1 unspecified atom stereocenters. The molecule has 0 saturated carbocycles. The second kappa shape index (κ2) is 3.99. The normalized spacial score (nSPS) is 13.1. The fraction of sp³-hybridized carbons (Fsp3) is 0.455. The summed E-state index contributed by atoms with van der Waals surface area (Å²) in [6.45, 7) is 6.04. The Labute approximate surface area is 99.1 Å². The molecular weight excluding hydrogens is 220 g/mol. The molecule has 4 nitrogen and oxygen atoms in total. The Hall–Kier alpha value is -1.20. The lowest BCUT2D eigenvalue weighted by Crippen LogP contribution is -2.03. The van der Waals surface area contributed by atoms with Crippen LogP contribution in [0.5, 0.6) is 0 Å². The standard InChI is InChI=1S/C11H16N4S/c1-6(12)10-7(2)14-11(16-10)9-5-13-15(4)8(9)3/h5-6H,12H2,1-4H3. The van der Waals surface area contributed by atoms with E-state index in [-0.39, 0.29) is 6.04 Å². The first-order valence-electron chi connectivity index (χ1n) is 5.22. The fourth-order valence-electron chi connectivity index (χ4n) is 1.65. The predicted molar refractivity (Wildman–Crippen MR) is 66.4 cm³/mol. The summed E-state index contributed by atoms with van der Waals surface area (Å²) in [6.07, 6.45) is 1.86. The van der Waals surface area contributed by atoms with Gasteiger partial charge >= 0.3 is 0 Å². The lowest BCUT2D eigenvalue weighted by Gasteiger charge is -1.99. The van der Waals surface area contributed by atoms with Crippen LogP contribution in [0.25, 0.3) is 10.6 Å². The minimum absolute atomic E-state index is 0.0447. The molecule has 0 fully saturated rings. The number of hydrogen-bond acceptors (Lipinski definition) is 4. The van der Waals surface area contributed by atoms with Crippen molar-refractivity contribution in [3.63, 3.8) is 0 Å². The molecule has 2 aromatic rings. The molecule has 2 heterocycles. The van der Waals surface area contributed by atoms with Gasteiger partial charge in [0.25, 0.3) is 0 Å². The molecular formula is C11H16N4S. The minimum atomic E-state index is 0.0447. The summed E-state index contributed by atoms with van der Waals surface area (Å²) in [5, 5.41) is 5.24. The number of aromatic nitrogens is 3. The van der Waals surface area contributed by atoms with Crippen molar-refractivity contribution >= 4 is 11.3 Å². The van der Waals surface area contributed by atoms with Crippen LogP contribution in [0.4, 0.5) is 0 Å². The van der Waals surface area contributed by atoms with Crippen LogP contribution in [-0.4, -0.2) is 14.8 Å². The van der Waals surface area contributed by atoms with Gasteiger partial charge < -0.3 is 5.73 Å². The third-order valence-corrected chi connectivity index (χ3v) is 4.10. The Morgan fingerprint density at radius 2 is 2.12 bits per heavy atom. The van der Waals surface area contributed by atoms with Gasteiger partial charge in [0.05, 0.1) is 17.5 Å². The molecule has 0 aliphatic carbocycles. The molecule has 0 saturated heterocycles.